The minimum absolute atomic E-state index is 0.0576. The van der Waals surface area contributed by atoms with Crippen molar-refractivity contribution in [3.63, 3.8) is 0 Å². The minimum atomic E-state index is -0.125. The van der Waals surface area contributed by atoms with E-state index in [0.29, 0.717) is 13.2 Å². The summed E-state index contributed by atoms with van der Waals surface area (Å²) < 4.78 is 6.00. The monoisotopic (exact) mass is 332 g/mol. The number of ether oxygens (including phenoxy) is 1. The Balaban J connectivity index is 2.18. The lowest BCUT2D eigenvalue weighted by Gasteiger charge is -2.25. The summed E-state index contributed by atoms with van der Waals surface area (Å²) in [6.45, 7) is 6.79. The third-order valence-electron chi connectivity index (χ3n) is 4.45. The van der Waals surface area contributed by atoms with Crippen molar-refractivity contribution in [2.45, 2.75) is 46.1 Å². The molecule has 0 fully saturated rings. The van der Waals surface area contributed by atoms with Gasteiger partial charge in [0.15, 0.2) is 0 Å². The number of benzene rings is 1. The van der Waals surface area contributed by atoms with Gasteiger partial charge in [0.25, 0.3) is 0 Å². The zero-order chi connectivity index (χ0) is 17.5. The van der Waals surface area contributed by atoms with Gasteiger partial charge in [-0.25, -0.2) is 0 Å². The summed E-state index contributed by atoms with van der Waals surface area (Å²) >= 11 is 0. The van der Waals surface area contributed by atoms with Crippen molar-refractivity contribution in [3.05, 3.63) is 29.8 Å². The number of hydrogen-bond acceptors (Lipinski definition) is 3. The first kappa shape index (κ1) is 18.3. The largest absolute Gasteiger partial charge is 0.491 e. The van der Waals surface area contributed by atoms with Crippen LogP contribution in [0.2, 0.25) is 0 Å². The maximum atomic E-state index is 12.3. The van der Waals surface area contributed by atoms with Crippen LogP contribution >= 0.6 is 0 Å². The number of aryl methyl sites for hydroxylation is 1. The Morgan fingerprint density at radius 1 is 1.29 bits per heavy atom. The van der Waals surface area contributed by atoms with Crippen LogP contribution in [-0.2, 0) is 16.0 Å². The van der Waals surface area contributed by atoms with E-state index in [2.05, 4.69) is 25.2 Å². The molecule has 5 heteroatoms. The van der Waals surface area contributed by atoms with E-state index in [9.17, 15) is 9.59 Å². The van der Waals surface area contributed by atoms with Crippen molar-refractivity contribution in [1.82, 2.24) is 10.2 Å². The number of fused-ring (bicyclic) bond motifs is 1. The number of rotatable bonds is 1. The van der Waals surface area contributed by atoms with Crippen molar-refractivity contribution < 1.29 is 14.3 Å². The van der Waals surface area contributed by atoms with Gasteiger partial charge in [-0.15, -0.1) is 0 Å². The van der Waals surface area contributed by atoms with Crippen molar-refractivity contribution >= 4 is 11.8 Å². The number of amides is 2. The Hall–Kier alpha value is -2.04. The quantitative estimate of drug-likeness (QED) is 0.859. The van der Waals surface area contributed by atoms with Crippen LogP contribution in [0.3, 0.4) is 0 Å². The number of hydrogen-bond donors (Lipinski definition) is 1. The summed E-state index contributed by atoms with van der Waals surface area (Å²) in [5.74, 6) is 0.954. The molecule has 0 saturated carbocycles. The van der Waals surface area contributed by atoms with E-state index in [1.54, 1.807) is 4.90 Å². The van der Waals surface area contributed by atoms with Crippen LogP contribution in [0.5, 0.6) is 5.75 Å². The fourth-order valence-electron chi connectivity index (χ4n) is 2.82. The summed E-state index contributed by atoms with van der Waals surface area (Å²) in [6.07, 6.45) is 2.74. The van der Waals surface area contributed by atoms with E-state index in [4.69, 9.17) is 4.74 Å². The topological polar surface area (TPSA) is 58.6 Å². The molecule has 0 aliphatic carbocycles. The van der Waals surface area contributed by atoms with Gasteiger partial charge in [-0.3, -0.25) is 9.59 Å². The van der Waals surface area contributed by atoms with E-state index in [1.165, 1.54) is 12.5 Å². The molecule has 0 bridgehead atoms. The van der Waals surface area contributed by atoms with Gasteiger partial charge in [0, 0.05) is 13.5 Å². The molecule has 0 radical (unpaired) electrons. The maximum Gasteiger partial charge on any atom is 0.239 e. The molecule has 1 atom stereocenters. The van der Waals surface area contributed by atoms with Crippen LogP contribution < -0.4 is 10.1 Å². The molecule has 1 aromatic rings. The van der Waals surface area contributed by atoms with Gasteiger partial charge >= 0.3 is 0 Å². The molecule has 5 nitrogen and oxygen atoms in total. The lowest BCUT2D eigenvalue weighted by Crippen LogP contribution is -2.47. The second kappa shape index (κ2) is 8.71. The van der Waals surface area contributed by atoms with E-state index >= 15 is 0 Å². The Labute approximate surface area is 144 Å². The van der Waals surface area contributed by atoms with Crippen LogP contribution in [0.1, 0.15) is 39.2 Å². The van der Waals surface area contributed by atoms with Gasteiger partial charge in [-0.1, -0.05) is 32.0 Å². The molecule has 1 heterocycles. The van der Waals surface area contributed by atoms with Crippen LogP contribution in [-0.4, -0.2) is 42.5 Å². The smallest absolute Gasteiger partial charge is 0.239 e. The van der Waals surface area contributed by atoms with Crippen molar-refractivity contribution in [1.29, 1.82) is 0 Å². The Morgan fingerprint density at radius 3 is 2.75 bits per heavy atom. The minimum Gasteiger partial charge on any atom is -0.491 e. The first-order valence-electron chi connectivity index (χ1n) is 8.73. The predicted molar refractivity (Wildman–Crippen MR) is 93.9 cm³/mol. The highest BCUT2D eigenvalue weighted by Crippen LogP contribution is 2.21. The summed E-state index contributed by atoms with van der Waals surface area (Å²) in [6, 6.07) is 7.97. The second-order valence-electron chi connectivity index (χ2n) is 6.73. The number of carbonyl (C=O) groups excluding carboxylic acids is 2. The molecule has 2 rings (SSSR count). The van der Waals surface area contributed by atoms with Crippen molar-refractivity contribution in [2.24, 2.45) is 5.92 Å². The molecule has 1 N–H and O–H groups in total. The molecular formula is C19H28N2O3. The molecular weight excluding hydrogens is 304 g/mol. The summed E-state index contributed by atoms with van der Waals surface area (Å²) in [4.78, 5) is 25.7. The fourth-order valence-corrected chi connectivity index (χ4v) is 2.82. The summed E-state index contributed by atoms with van der Waals surface area (Å²) in [5.41, 5.74) is 1.18. The van der Waals surface area contributed by atoms with Gasteiger partial charge in [0.2, 0.25) is 11.8 Å². The Kier molecular flexibility index (Phi) is 6.64. The highest BCUT2D eigenvalue weighted by atomic mass is 16.5. The van der Waals surface area contributed by atoms with Crippen molar-refractivity contribution in [3.8, 4) is 5.75 Å². The van der Waals surface area contributed by atoms with Crippen LogP contribution in [0, 0.1) is 5.92 Å². The van der Waals surface area contributed by atoms with E-state index in [1.807, 2.05) is 18.2 Å². The van der Waals surface area contributed by atoms with Gasteiger partial charge < -0.3 is 15.0 Å². The normalized spacial score (nSPS) is 20.1. The van der Waals surface area contributed by atoms with Crippen LogP contribution in [0.4, 0.5) is 0 Å². The fraction of sp³-hybridized carbons (Fsp3) is 0.579. The summed E-state index contributed by atoms with van der Waals surface area (Å²) in [5, 5.41) is 3.01. The summed E-state index contributed by atoms with van der Waals surface area (Å²) in [7, 11) is 0. The second-order valence-corrected chi connectivity index (χ2v) is 6.73. The highest BCUT2D eigenvalue weighted by Gasteiger charge is 2.21. The molecule has 132 valence electrons. The zero-order valence-corrected chi connectivity index (χ0v) is 14.9. The lowest BCUT2D eigenvalue weighted by atomic mass is 10.0. The number of carbonyl (C=O) groups is 2. The van der Waals surface area contributed by atoms with Gasteiger partial charge in [-0.2, -0.15) is 0 Å². The molecule has 0 spiro atoms. The van der Waals surface area contributed by atoms with Crippen LogP contribution in [0.15, 0.2) is 24.3 Å². The zero-order valence-electron chi connectivity index (χ0n) is 14.9. The molecule has 2 amide bonds. The molecule has 1 aromatic carbocycles. The van der Waals surface area contributed by atoms with Crippen molar-refractivity contribution in [2.75, 3.05) is 19.7 Å². The average molecular weight is 332 g/mol. The van der Waals surface area contributed by atoms with Gasteiger partial charge in [0.1, 0.15) is 12.4 Å². The van der Waals surface area contributed by atoms with E-state index < -0.39 is 0 Å². The molecule has 0 unspecified atom stereocenters. The first-order chi connectivity index (χ1) is 11.5. The molecule has 1 aliphatic heterocycles. The third kappa shape index (κ3) is 5.25. The van der Waals surface area contributed by atoms with Crippen LogP contribution in [0.25, 0.3) is 0 Å². The third-order valence-corrected chi connectivity index (χ3v) is 4.45. The SMILES string of the molecule is CC(=O)N1CCCCc2ccccc2OC[C@H](C(C)C)NC(=O)C1. The number of nitrogens with zero attached hydrogens (tertiary/aromatic N) is 1. The number of nitrogens with one attached hydrogen (secondary N) is 1. The average Bonchev–Trinajstić information content (AvgIpc) is 2.55. The lowest BCUT2D eigenvalue weighted by molar-refractivity contribution is -0.134. The standard InChI is InChI=1S/C19H28N2O3/c1-14(2)17-13-24-18-10-5-4-8-16(18)9-6-7-11-21(15(3)22)12-19(23)20-17/h4-5,8,10,14,17H,6-7,9,11-13H2,1-3H3,(H,20,23)/t17-/m1/s1. The molecule has 0 aromatic heterocycles. The molecule has 1 aliphatic rings. The predicted octanol–water partition coefficient (Wildman–Crippen LogP) is 2.39. The van der Waals surface area contributed by atoms with Gasteiger partial charge in [0.05, 0.1) is 12.6 Å². The maximum absolute atomic E-state index is 12.3. The Bertz CT molecular complexity index is 571. The first-order valence-corrected chi connectivity index (χ1v) is 8.73. The van der Waals surface area contributed by atoms with E-state index in [-0.39, 0.29) is 30.3 Å². The number of para-hydroxylation sites is 1. The van der Waals surface area contributed by atoms with E-state index in [0.717, 1.165) is 25.0 Å². The highest BCUT2D eigenvalue weighted by molar-refractivity contribution is 5.83. The molecule has 0 saturated heterocycles. The van der Waals surface area contributed by atoms with Gasteiger partial charge in [-0.05, 0) is 36.8 Å². The Morgan fingerprint density at radius 2 is 2.04 bits per heavy atom. The molecule has 24 heavy (non-hydrogen) atoms.